The number of esters is 1. The van der Waals surface area contributed by atoms with Crippen molar-refractivity contribution < 1.29 is 19.1 Å². The maximum Gasteiger partial charge on any atom is 0.412 e. The average molecular weight is 277 g/mol. The van der Waals surface area contributed by atoms with Gasteiger partial charge in [0.25, 0.3) is 0 Å². The number of carbonyl (C=O) groups excluding carboxylic acids is 2. The molecule has 0 unspecified atom stereocenters. The molecule has 5 heteroatoms. The van der Waals surface area contributed by atoms with Gasteiger partial charge in [0.15, 0.2) is 0 Å². The van der Waals surface area contributed by atoms with Crippen LogP contribution >= 0.6 is 0 Å². The fourth-order valence-electron chi connectivity index (χ4n) is 1.47. The highest BCUT2D eigenvalue weighted by molar-refractivity contribution is 5.92. The molecular formula is C15H19NO4. The Bertz CT molecular complexity index is 480. The molecule has 0 spiro atoms. The minimum Gasteiger partial charge on any atom is -0.464 e. The number of ether oxygens (including phenoxy) is 2. The van der Waals surface area contributed by atoms with Crippen LogP contribution in [0.4, 0.5) is 4.79 Å². The first-order chi connectivity index (χ1) is 9.52. The molecule has 0 aliphatic heterocycles. The smallest absolute Gasteiger partial charge is 0.412 e. The third-order valence-corrected chi connectivity index (χ3v) is 2.35. The molecule has 0 aliphatic rings. The topological polar surface area (TPSA) is 64.6 Å². The van der Waals surface area contributed by atoms with Gasteiger partial charge in [0.05, 0.1) is 7.11 Å². The molecule has 20 heavy (non-hydrogen) atoms. The summed E-state index contributed by atoms with van der Waals surface area (Å²) in [6, 6.07) is 9.28. The first kappa shape index (κ1) is 15.8. The van der Waals surface area contributed by atoms with Gasteiger partial charge in [0, 0.05) is 0 Å². The van der Waals surface area contributed by atoms with Gasteiger partial charge in [0.1, 0.15) is 12.3 Å². The van der Waals surface area contributed by atoms with Crippen molar-refractivity contribution in [1.82, 2.24) is 5.32 Å². The Morgan fingerprint density at radius 1 is 1.25 bits per heavy atom. The summed E-state index contributed by atoms with van der Waals surface area (Å²) >= 11 is 0. The first-order valence-corrected chi connectivity index (χ1v) is 6.30. The van der Waals surface area contributed by atoms with E-state index in [0.717, 1.165) is 5.56 Å². The summed E-state index contributed by atoms with van der Waals surface area (Å²) in [5, 5.41) is 2.39. The molecule has 1 aromatic carbocycles. The Hall–Kier alpha value is -2.30. The van der Waals surface area contributed by atoms with E-state index < -0.39 is 12.1 Å². The van der Waals surface area contributed by atoms with Gasteiger partial charge in [-0.25, -0.2) is 9.59 Å². The second-order valence-electron chi connectivity index (χ2n) is 4.50. The lowest BCUT2D eigenvalue weighted by Gasteiger charge is -2.10. The number of benzene rings is 1. The predicted octanol–water partition coefficient (Wildman–Crippen LogP) is 2.63. The number of hydrogen-bond donors (Lipinski definition) is 1. The largest absolute Gasteiger partial charge is 0.464 e. The molecule has 0 aromatic heterocycles. The summed E-state index contributed by atoms with van der Waals surface area (Å²) in [5.74, 6) is -0.506. The van der Waals surface area contributed by atoms with Gasteiger partial charge in [0.2, 0.25) is 0 Å². The number of nitrogens with one attached hydrogen (secondary N) is 1. The van der Waals surface area contributed by atoms with Crippen LogP contribution in [0.2, 0.25) is 0 Å². The number of rotatable bonds is 5. The van der Waals surface area contributed by atoms with Crippen LogP contribution in [-0.4, -0.2) is 19.2 Å². The predicted molar refractivity (Wildman–Crippen MR) is 74.7 cm³/mol. The summed E-state index contributed by atoms with van der Waals surface area (Å²) in [6.45, 7) is 3.92. The highest BCUT2D eigenvalue weighted by atomic mass is 16.6. The molecule has 1 aromatic rings. The molecule has 0 heterocycles. The summed E-state index contributed by atoms with van der Waals surface area (Å²) in [6.07, 6.45) is 0.918. The van der Waals surface area contributed by atoms with Crippen molar-refractivity contribution in [3.63, 3.8) is 0 Å². The van der Waals surface area contributed by atoms with Gasteiger partial charge < -0.3 is 9.47 Å². The molecule has 0 atom stereocenters. The zero-order chi connectivity index (χ0) is 15.0. The Kier molecular flexibility index (Phi) is 6.29. The summed E-state index contributed by atoms with van der Waals surface area (Å²) in [5.41, 5.74) is 0.954. The molecule has 5 nitrogen and oxygen atoms in total. The van der Waals surface area contributed by atoms with Gasteiger partial charge in [-0.2, -0.15) is 0 Å². The van der Waals surface area contributed by atoms with Crippen LogP contribution in [0.25, 0.3) is 0 Å². The zero-order valence-corrected chi connectivity index (χ0v) is 11.9. The SMILES string of the molecule is COC(=O)/C(=C\C(C)C)NC(=O)OCc1ccccc1. The molecule has 0 bridgehead atoms. The third kappa shape index (κ3) is 5.56. The second-order valence-corrected chi connectivity index (χ2v) is 4.50. The van der Waals surface area contributed by atoms with Crippen molar-refractivity contribution in [2.75, 3.05) is 7.11 Å². The van der Waals surface area contributed by atoms with Gasteiger partial charge in [-0.05, 0) is 11.5 Å². The second kappa shape index (κ2) is 7.99. The Labute approximate surface area is 118 Å². The van der Waals surface area contributed by atoms with Crippen LogP contribution in [0, 0.1) is 5.92 Å². The van der Waals surface area contributed by atoms with E-state index in [9.17, 15) is 9.59 Å². The minimum absolute atomic E-state index is 0.0839. The molecule has 1 amide bonds. The lowest BCUT2D eigenvalue weighted by atomic mass is 10.2. The number of carbonyl (C=O) groups is 2. The maximum absolute atomic E-state index is 11.6. The van der Waals surface area contributed by atoms with Crippen molar-refractivity contribution in [2.24, 2.45) is 5.92 Å². The van der Waals surface area contributed by atoms with Crippen molar-refractivity contribution in [1.29, 1.82) is 0 Å². The number of methoxy groups -OCH3 is 1. The molecular weight excluding hydrogens is 258 g/mol. The quantitative estimate of drug-likeness (QED) is 0.663. The standard InChI is InChI=1S/C15H19NO4/c1-11(2)9-13(14(17)19-3)16-15(18)20-10-12-7-5-4-6-8-12/h4-9,11H,10H2,1-3H3,(H,16,18)/b13-9+. The normalized spacial score (nSPS) is 11.1. The Morgan fingerprint density at radius 3 is 2.45 bits per heavy atom. The van der Waals surface area contributed by atoms with E-state index in [1.54, 1.807) is 6.08 Å². The van der Waals surface area contributed by atoms with E-state index >= 15 is 0 Å². The fraction of sp³-hybridized carbons (Fsp3) is 0.333. The third-order valence-electron chi connectivity index (χ3n) is 2.35. The maximum atomic E-state index is 11.6. The summed E-state index contributed by atoms with van der Waals surface area (Å²) in [7, 11) is 1.26. The lowest BCUT2D eigenvalue weighted by Crippen LogP contribution is -2.29. The van der Waals surface area contributed by atoms with Gasteiger partial charge in [-0.15, -0.1) is 0 Å². The van der Waals surface area contributed by atoms with Gasteiger partial charge in [-0.3, -0.25) is 5.32 Å². The van der Waals surface area contributed by atoms with E-state index in [0.29, 0.717) is 0 Å². The highest BCUT2D eigenvalue weighted by Gasteiger charge is 2.14. The van der Waals surface area contributed by atoms with Crippen LogP contribution in [0.5, 0.6) is 0 Å². The van der Waals surface area contributed by atoms with Crippen LogP contribution in [-0.2, 0) is 20.9 Å². The number of amides is 1. The lowest BCUT2D eigenvalue weighted by molar-refractivity contribution is -0.136. The first-order valence-electron chi connectivity index (χ1n) is 6.30. The van der Waals surface area contributed by atoms with E-state index in [-0.39, 0.29) is 18.2 Å². The molecule has 0 aliphatic carbocycles. The van der Waals surface area contributed by atoms with E-state index in [4.69, 9.17) is 4.74 Å². The van der Waals surface area contributed by atoms with E-state index in [2.05, 4.69) is 10.1 Å². The average Bonchev–Trinajstić information content (AvgIpc) is 2.44. The number of alkyl carbamates (subject to hydrolysis) is 1. The van der Waals surface area contributed by atoms with Crippen molar-refractivity contribution >= 4 is 12.1 Å². The summed E-state index contributed by atoms with van der Waals surface area (Å²) < 4.78 is 9.64. The van der Waals surface area contributed by atoms with Crippen LogP contribution in [0.15, 0.2) is 42.1 Å². The molecule has 0 radical (unpaired) electrons. The van der Waals surface area contributed by atoms with E-state index in [1.165, 1.54) is 7.11 Å². The highest BCUT2D eigenvalue weighted by Crippen LogP contribution is 2.04. The molecule has 0 fully saturated rings. The molecule has 1 N–H and O–H groups in total. The van der Waals surface area contributed by atoms with Crippen molar-refractivity contribution in [3.05, 3.63) is 47.7 Å². The van der Waals surface area contributed by atoms with Gasteiger partial charge >= 0.3 is 12.1 Å². The van der Waals surface area contributed by atoms with Gasteiger partial charge in [-0.1, -0.05) is 50.3 Å². The van der Waals surface area contributed by atoms with Crippen LogP contribution < -0.4 is 5.32 Å². The van der Waals surface area contributed by atoms with Crippen molar-refractivity contribution in [2.45, 2.75) is 20.5 Å². The molecule has 0 saturated heterocycles. The van der Waals surface area contributed by atoms with Crippen LogP contribution in [0.3, 0.4) is 0 Å². The van der Waals surface area contributed by atoms with E-state index in [1.807, 2.05) is 44.2 Å². The number of allylic oxidation sites excluding steroid dienone is 1. The molecule has 0 saturated carbocycles. The molecule has 1 rings (SSSR count). The number of hydrogen-bond acceptors (Lipinski definition) is 4. The van der Waals surface area contributed by atoms with Crippen LogP contribution in [0.1, 0.15) is 19.4 Å². The minimum atomic E-state index is -0.689. The monoisotopic (exact) mass is 277 g/mol. The van der Waals surface area contributed by atoms with Crippen molar-refractivity contribution in [3.8, 4) is 0 Å². The Morgan fingerprint density at radius 2 is 1.90 bits per heavy atom. The fourth-order valence-corrected chi connectivity index (χ4v) is 1.47. The summed E-state index contributed by atoms with van der Waals surface area (Å²) in [4.78, 5) is 23.1. The molecule has 108 valence electrons. The Balaban J connectivity index is 2.56. The zero-order valence-electron chi connectivity index (χ0n) is 11.9.